The molecule has 0 radical (unpaired) electrons. The van der Waals surface area contributed by atoms with Gasteiger partial charge in [0.2, 0.25) is 0 Å². The molecule has 0 unspecified atom stereocenters. The van der Waals surface area contributed by atoms with Gasteiger partial charge in [0.05, 0.1) is 16.8 Å². The fourth-order valence-corrected chi connectivity index (χ4v) is 11.9. The zero-order valence-electron chi connectivity index (χ0n) is 33.6. The van der Waals surface area contributed by atoms with E-state index in [9.17, 15) is 0 Å². The first kappa shape index (κ1) is 35.1. The standard InChI is InChI=1S/C58H41NS/c1-57(2)46-23-10-8-22-45(46)56-50(57)27-16-29-53(56)59(41-34-31-39(32-35-41)38-17-4-3-5-18-38)52-28-14-9-19-42(52)40-33-36-55-51(37-40)58(49-26-13-15-30-54(49)60-55)47-24-11-6-20-43(47)44-21-7-12-25-48(44)58/h3-37H,1-2H3. The lowest BCUT2D eigenvalue weighted by atomic mass is 9.67. The van der Waals surface area contributed by atoms with Crippen molar-refractivity contribution in [2.24, 2.45) is 0 Å². The van der Waals surface area contributed by atoms with E-state index >= 15 is 0 Å². The van der Waals surface area contributed by atoms with E-state index in [0.29, 0.717) is 0 Å². The topological polar surface area (TPSA) is 3.24 Å². The number of benzene rings is 9. The third-order valence-corrected chi connectivity index (χ3v) is 14.5. The van der Waals surface area contributed by atoms with Gasteiger partial charge in [-0.2, -0.15) is 0 Å². The van der Waals surface area contributed by atoms with Gasteiger partial charge >= 0.3 is 0 Å². The number of rotatable bonds is 5. The van der Waals surface area contributed by atoms with E-state index in [1.54, 1.807) is 0 Å². The molecule has 2 heteroatoms. The normalized spacial score (nSPS) is 14.4. The Kier molecular flexibility index (Phi) is 7.80. The number of fused-ring (bicyclic) bond motifs is 12. The Morgan fingerprint density at radius 1 is 0.350 bits per heavy atom. The largest absolute Gasteiger partial charge is 0.309 e. The van der Waals surface area contributed by atoms with Crippen LogP contribution in [0.1, 0.15) is 47.2 Å². The first-order valence-electron chi connectivity index (χ1n) is 20.9. The summed E-state index contributed by atoms with van der Waals surface area (Å²) in [4.78, 5) is 5.13. The van der Waals surface area contributed by atoms with E-state index in [2.05, 4.69) is 231 Å². The summed E-state index contributed by atoms with van der Waals surface area (Å²) in [7, 11) is 0. The van der Waals surface area contributed by atoms with Crippen LogP contribution in [0.2, 0.25) is 0 Å². The summed E-state index contributed by atoms with van der Waals surface area (Å²) in [6.45, 7) is 4.74. The van der Waals surface area contributed by atoms with E-state index in [0.717, 1.165) is 11.4 Å². The maximum Gasteiger partial charge on any atom is 0.0735 e. The molecule has 1 aliphatic heterocycles. The number of hydrogen-bond donors (Lipinski definition) is 0. The van der Waals surface area contributed by atoms with Crippen LogP contribution in [0.3, 0.4) is 0 Å². The average molecular weight is 784 g/mol. The molecule has 0 bridgehead atoms. The quantitative estimate of drug-likeness (QED) is 0.171. The molecule has 0 aromatic heterocycles. The molecule has 284 valence electrons. The van der Waals surface area contributed by atoms with Gasteiger partial charge in [0, 0.05) is 32.0 Å². The molecule has 0 amide bonds. The highest BCUT2D eigenvalue weighted by atomic mass is 32.2. The number of nitrogens with zero attached hydrogens (tertiary/aromatic N) is 1. The van der Waals surface area contributed by atoms with E-state index in [-0.39, 0.29) is 5.41 Å². The van der Waals surface area contributed by atoms with Gasteiger partial charge in [-0.05, 0) is 109 Å². The van der Waals surface area contributed by atoms with Crippen LogP contribution < -0.4 is 4.90 Å². The fourth-order valence-electron chi connectivity index (χ4n) is 10.7. The summed E-state index contributed by atoms with van der Waals surface area (Å²) in [6.07, 6.45) is 0. The minimum absolute atomic E-state index is 0.126. The summed E-state index contributed by atoms with van der Waals surface area (Å²) >= 11 is 1.90. The number of para-hydroxylation sites is 1. The Bertz CT molecular complexity index is 3110. The van der Waals surface area contributed by atoms with Crippen molar-refractivity contribution >= 4 is 28.8 Å². The molecule has 1 nitrogen and oxygen atoms in total. The Morgan fingerprint density at radius 2 is 0.867 bits per heavy atom. The van der Waals surface area contributed by atoms with Crippen LogP contribution in [-0.2, 0) is 10.8 Å². The van der Waals surface area contributed by atoms with Gasteiger partial charge in [-0.3, -0.25) is 0 Å². The third kappa shape index (κ3) is 4.95. The van der Waals surface area contributed by atoms with Gasteiger partial charge in [-0.15, -0.1) is 0 Å². The van der Waals surface area contributed by atoms with Crippen LogP contribution in [0.5, 0.6) is 0 Å². The Balaban J connectivity index is 1.10. The van der Waals surface area contributed by atoms with E-state index in [1.165, 1.54) is 93.4 Å². The Morgan fingerprint density at radius 3 is 1.60 bits per heavy atom. The smallest absolute Gasteiger partial charge is 0.0735 e. The lowest BCUT2D eigenvalue weighted by Gasteiger charge is -2.40. The molecule has 12 rings (SSSR count). The van der Waals surface area contributed by atoms with Crippen molar-refractivity contribution in [3.05, 3.63) is 246 Å². The van der Waals surface area contributed by atoms with Crippen molar-refractivity contribution in [2.45, 2.75) is 34.5 Å². The lowest BCUT2D eigenvalue weighted by Crippen LogP contribution is -2.32. The second-order valence-electron chi connectivity index (χ2n) is 16.8. The van der Waals surface area contributed by atoms with Crippen LogP contribution >= 0.6 is 11.8 Å². The molecular weight excluding hydrogens is 743 g/mol. The average Bonchev–Trinajstić information content (AvgIpc) is 3.73. The molecule has 1 spiro atoms. The zero-order chi connectivity index (χ0) is 40.0. The van der Waals surface area contributed by atoms with Crippen LogP contribution in [0.15, 0.2) is 222 Å². The molecule has 3 aliphatic rings. The molecule has 2 aliphatic carbocycles. The van der Waals surface area contributed by atoms with Crippen molar-refractivity contribution in [1.82, 2.24) is 0 Å². The van der Waals surface area contributed by atoms with Crippen LogP contribution in [-0.4, -0.2) is 0 Å². The van der Waals surface area contributed by atoms with Crippen molar-refractivity contribution < 1.29 is 0 Å². The van der Waals surface area contributed by atoms with Gasteiger partial charge in [0.15, 0.2) is 0 Å². The predicted octanol–water partition coefficient (Wildman–Crippen LogP) is 15.6. The van der Waals surface area contributed by atoms with Gasteiger partial charge < -0.3 is 4.90 Å². The first-order valence-corrected chi connectivity index (χ1v) is 21.7. The molecule has 0 saturated heterocycles. The second-order valence-corrected chi connectivity index (χ2v) is 17.9. The first-order chi connectivity index (χ1) is 29.5. The minimum Gasteiger partial charge on any atom is -0.309 e. The molecule has 0 N–H and O–H groups in total. The van der Waals surface area contributed by atoms with Gasteiger partial charge in [-0.1, -0.05) is 195 Å². The monoisotopic (exact) mass is 783 g/mol. The SMILES string of the molecule is CC1(C)c2ccccc2-c2c(N(c3ccc(-c4ccccc4)cc3)c3ccccc3-c3ccc4c(c3)C3(c5ccccc5S4)c4ccccc4-c4ccccc43)cccc21. The molecule has 9 aromatic carbocycles. The van der Waals surface area contributed by atoms with Crippen molar-refractivity contribution in [3.8, 4) is 44.5 Å². The summed E-state index contributed by atoms with van der Waals surface area (Å²) in [6, 6.07) is 79.2. The summed E-state index contributed by atoms with van der Waals surface area (Å²) < 4.78 is 0. The number of hydrogen-bond acceptors (Lipinski definition) is 2. The van der Waals surface area contributed by atoms with E-state index in [4.69, 9.17) is 0 Å². The third-order valence-electron chi connectivity index (χ3n) is 13.4. The van der Waals surface area contributed by atoms with E-state index in [1.807, 2.05) is 11.8 Å². The number of anilines is 3. The highest BCUT2D eigenvalue weighted by Gasteiger charge is 2.50. The lowest BCUT2D eigenvalue weighted by molar-refractivity contribution is 0.660. The summed E-state index contributed by atoms with van der Waals surface area (Å²) in [5.74, 6) is 0. The Labute approximate surface area is 356 Å². The fraction of sp³-hybridized carbons (Fsp3) is 0.0690. The molecule has 9 aromatic rings. The molecule has 0 atom stereocenters. The molecule has 0 fully saturated rings. The van der Waals surface area contributed by atoms with Gasteiger partial charge in [-0.25, -0.2) is 0 Å². The molecule has 1 heterocycles. The highest BCUT2D eigenvalue weighted by molar-refractivity contribution is 7.99. The van der Waals surface area contributed by atoms with Crippen molar-refractivity contribution in [2.75, 3.05) is 4.90 Å². The zero-order valence-corrected chi connectivity index (χ0v) is 34.4. The molecule has 60 heavy (non-hydrogen) atoms. The maximum absolute atomic E-state index is 2.51. The molecular formula is C58H41NS. The van der Waals surface area contributed by atoms with E-state index < -0.39 is 5.41 Å². The van der Waals surface area contributed by atoms with Crippen LogP contribution in [0, 0.1) is 0 Å². The van der Waals surface area contributed by atoms with Crippen LogP contribution in [0.25, 0.3) is 44.5 Å². The van der Waals surface area contributed by atoms with Gasteiger partial charge in [0.25, 0.3) is 0 Å². The summed E-state index contributed by atoms with van der Waals surface area (Å²) in [5, 5.41) is 0. The Hall–Kier alpha value is -6.87. The van der Waals surface area contributed by atoms with Gasteiger partial charge in [0.1, 0.15) is 0 Å². The maximum atomic E-state index is 2.51. The molecule has 0 saturated carbocycles. The van der Waals surface area contributed by atoms with Crippen LogP contribution in [0.4, 0.5) is 17.1 Å². The second kappa shape index (κ2) is 13.3. The summed E-state index contributed by atoms with van der Waals surface area (Å²) in [5.41, 5.74) is 21.0. The minimum atomic E-state index is -0.447. The predicted molar refractivity (Wildman–Crippen MR) is 251 cm³/mol. The van der Waals surface area contributed by atoms with Crippen molar-refractivity contribution in [3.63, 3.8) is 0 Å². The van der Waals surface area contributed by atoms with Crippen molar-refractivity contribution in [1.29, 1.82) is 0 Å². The highest BCUT2D eigenvalue weighted by Crippen LogP contribution is 2.63.